The lowest BCUT2D eigenvalue weighted by Crippen LogP contribution is -2.18. The normalized spacial score (nSPS) is 10.1. The summed E-state index contributed by atoms with van der Waals surface area (Å²) < 4.78 is 0. The third kappa shape index (κ3) is 5.25. The molecular weight excluding hydrogens is 436 g/mol. The second-order valence-corrected chi connectivity index (χ2v) is 7.12. The lowest BCUT2D eigenvalue weighted by molar-refractivity contribution is 0.0683. The van der Waals surface area contributed by atoms with Crippen LogP contribution in [0.2, 0.25) is 0 Å². The first-order chi connectivity index (χ1) is 16.2. The second-order valence-electron chi connectivity index (χ2n) is 7.12. The molecule has 0 aromatic heterocycles. The minimum absolute atomic E-state index is 0.0494. The molecule has 4 N–H and O–H groups in total. The fourth-order valence-electron chi connectivity index (χ4n) is 3.20. The van der Waals surface area contributed by atoms with Crippen molar-refractivity contribution in [2.75, 3.05) is 10.6 Å². The van der Waals surface area contributed by atoms with Gasteiger partial charge in [0.1, 0.15) is 0 Å². The van der Waals surface area contributed by atoms with E-state index >= 15 is 0 Å². The number of amides is 2. The first-order valence-corrected chi connectivity index (χ1v) is 9.95. The summed E-state index contributed by atoms with van der Waals surface area (Å²) >= 11 is 0. The third-order valence-electron chi connectivity index (χ3n) is 4.89. The van der Waals surface area contributed by atoms with Crippen molar-refractivity contribution in [1.82, 2.24) is 0 Å². The van der Waals surface area contributed by atoms with Crippen LogP contribution in [-0.4, -0.2) is 34.0 Å². The summed E-state index contributed by atoms with van der Waals surface area (Å²) in [6, 6.07) is 14.7. The quantitative estimate of drug-likeness (QED) is 0.382. The van der Waals surface area contributed by atoms with Gasteiger partial charge in [-0.05, 0) is 53.6 Å². The Morgan fingerprint density at radius 1 is 0.618 bits per heavy atom. The van der Waals surface area contributed by atoms with Crippen LogP contribution in [0.4, 0.5) is 11.4 Å². The van der Waals surface area contributed by atoms with Gasteiger partial charge in [-0.25, -0.2) is 9.59 Å². The van der Waals surface area contributed by atoms with Gasteiger partial charge in [0.2, 0.25) is 0 Å². The van der Waals surface area contributed by atoms with Gasteiger partial charge in [-0.3, -0.25) is 9.59 Å². The maximum absolute atomic E-state index is 12.8. The van der Waals surface area contributed by atoms with Crippen LogP contribution in [0, 0.1) is 0 Å². The molecule has 0 bridgehead atoms. The average Bonchev–Trinajstić information content (AvgIpc) is 2.83. The molecule has 0 atom stereocenters. The van der Waals surface area contributed by atoms with Crippen molar-refractivity contribution in [3.63, 3.8) is 0 Å². The molecule has 0 aliphatic carbocycles. The van der Waals surface area contributed by atoms with Gasteiger partial charge in [0.05, 0.1) is 22.3 Å². The molecule has 3 aromatic carbocycles. The molecule has 2 amide bonds. The number of carboxylic acids is 2. The molecule has 0 aliphatic heterocycles. The van der Waals surface area contributed by atoms with E-state index in [2.05, 4.69) is 23.8 Å². The highest BCUT2D eigenvalue weighted by atomic mass is 16.4. The molecule has 8 nitrogen and oxygen atoms in total. The van der Waals surface area contributed by atoms with Gasteiger partial charge < -0.3 is 20.8 Å². The number of aromatic carboxylic acids is 2. The summed E-state index contributed by atoms with van der Waals surface area (Å²) in [5.74, 6) is -3.82. The van der Waals surface area contributed by atoms with E-state index in [-0.39, 0.29) is 22.3 Å². The van der Waals surface area contributed by atoms with Gasteiger partial charge in [-0.15, -0.1) is 0 Å². The molecule has 34 heavy (non-hydrogen) atoms. The van der Waals surface area contributed by atoms with Crippen LogP contribution in [0.25, 0.3) is 12.2 Å². The van der Waals surface area contributed by atoms with E-state index < -0.39 is 23.8 Å². The Hall–Kier alpha value is -4.98. The highest BCUT2D eigenvalue weighted by molar-refractivity contribution is 6.12. The predicted molar refractivity (Wildman–Crippen MR) is 129 cm³/mol. The van der Waals surface area contributed by atoms with Crippen LogP contribution in [0.1, 0.15) is 52.6 Å². The molecule has 170 valence electrons. The largest absolute Gasteiger partial charge is 0.478 e. The molecule has 0 unspecified atom stereocenters. The Kier molecular flexibility index (Phi) is 7.03. The number of carbonyl (C=O) groups is 4. The van der Waals surface area contributed by atoms with Crippen molar-refractivity contribution < 1.29 is 29.4 Å². The predicted octanol–water partition coefficient (Wildman–Crippen LogP) is 4.87. The number of benzene rings is 3. The molecule has 3 rings (SSSR count). The van der Waals surface area contributed by atoms with Crippen molar-refractivity contribution in [2.45, 2.75) is 0 Å². The van der Waals surface area contributed by atoms with Gasteiger partial charge in [0, 0.05) is 11.4 Å². The number of carboxylic acid groups (broad SMARTS) is 2. The van der Waals surface area contributed by atoms with Gasteiger partial charge in [0.15, 0.2) is 0 Å². The van der Waals surface area contributed by atoms with Gasteiger partial charge in [-0.2, -0.15) is 0 Å². The highest BCUT2D eigenvalue weighted by Crippen LogP contribution is 2.21. The Labute approximate surface area is 194 Å². The number of hydrogen-bond acceptors (Lipinski definition) is 4. The van der Waals surface area contributed by atoms with Crippen LogP contribution in [-0.2, 0) is 0 Å². The number of rotatable bonds is 8. The molecule has 0 saturated heterocycles. The van der Waals surface area contributed by atoms with Gasteiger partial charge >= 0.3 is 11.9 Å². The molecular formula is C26H20N2O6. The smallest absolute Gasteiger partial charge is 0.336 e. The molecule has 0 saturated carbocycles. The third-order valence-corrected chi connectivity index (χ3v) is 4.89. The lowest BCUT2D eigenvalue weighted by atomic mass is 10.0. The van der Waals surface area contributed by atoms with E-state index in [1.54, 1.807) is 18.2 Å². The lowest BCUT2D eigenvalue weighted by Gasteiger charge is -2.12. The average molecular weight is 456 g/mol. The number of nitrogens with one attached hydrogen (secondary N) is 2. The van der Waals surface area contributed by atoms with Crippen LogP contribution >= 0.6 is 0 Å². The number of anilines is 2. The Morgan fingerprint density at radius 3 is 1.38 bits per heavy atom. The minimum atomic E-state index is -1.25. The highest BCUT2D eigenvalue weighted by Gasteiger charge is 2.19. The summed E-state index contributed by atoms with van der Waals surface area (Å²) in [5, 5.41) is 24.0. The molecule has 0 aliphatic rings. The van der Waals surface area contributed by atoms with Crippen molar-refractivity contribution in [3.8, 4) is 0 Å². The van der Waals surface area contributed by atoms with Crippen molar-refractivity contribution >= 4 is 47.3 Å². The number of hydrogen-bond donors (Lipinski definition) is 4. The zero-order chi connectivity index (χ0) is 24.8. The van der Waals surface area contributed by atoms with Crippen molar-refractivity contribution in [3.05, 3.63) is 107 Å². The van der Waals surface area contributed by atoms with Crippen molar-refractivity contribution in [2.24, 2.45) is 0 Å². The summed E-state index contributed by atoms with van der Waals surface area (Å²) in [7, 11) is 0. The van der Waals surface area contributed by atoms with Crippen LogP contribution in [0.15, 0.2) is 73.8 Å². The second kappa shape index (κ2) is 10.1. The van der Waals surface area contributed by atoms with Crippen LogP contribution < -0.4 is 10.6 Å². The van der Waals surface area contributed by atoms with Crippen LogP contribution in [0.5, 0.6) is 0 Å². The van der Waals surface area contributed by atoms with E-state index in [0.717, 1.165) is 0 Å². The van der Waals surface area contributed by atoms with Crippen molar-refractivity contribution in [1.29, 1.82) is 0 Å². The van der Waals surface area contributed by atoms with Gasteiger partial charge in [-0.1, -0.05) is 43.5 Å². The van der Waals surface area contributed by atoms with E-state index in [1.165, 1.54) is 54.6 Å². The fraction of sp³-hybridized carbons (Fsp3) is 0. The molecule has 0 radical (unpaired) electrons. The summed E-state index contributed by atoms with van der Waals surface area (Å²) in [4.78, 5) is 48.6. The van der Waals surface area contributed by atoms with E-state index in [0.29, 0.717) is 22.5 Å². The fourth-order valence-corrected chi connectivity index (χ4v) is 3.20. The maximum atomic E-state index is 12.8. The van der Waals surface area contributed by atoms with E-state index in [1.807, 2.05) is 0 Å². The summed E-state index contributed by atoms with van der Waals surface area (Å²) in [5.41, 5.74) is 1.30. The summed E-state index contributed by atoms with van der Waals surface area (Å²) in [6.45, 7) is 7.24. The first kappa shape index (κ1) is 23.7. The number of carbonyl (C=O) groups excluding carboxylic acids is 2. The first-order valence-electron chi connectivity index (χ1n) is 9.95. The van der Waals surface area contributed by atoms with Crippen LogP contribution in [0.3, 0.4) is 0 Å². The zero-order valence-corrected chi connectivity index (χ0v) is 17.9. The topological polar surface area (TPSA) is 133 Å². The Balaban J connectivity index is 1.86. The van der Waals surface area contributed by atoms with Gasteiger partial charge in [0.25, 0.3) is 11.8 Å². The molecule has 0 fully saturated rings. The van der Waals surface area contributed by atoms with E-state index in [4.69, 9.17) is 0 Å². The molecule has 0 spiro atoms. The Bertz CT molecular complexity index is 1240. The monoisotopic (exact) mass is 456 g/mol. The van der Waals surface area contributed by atoms with E-state index in [9.17, 15) is 29.4 Å². The minimum Gasteiger partial charge on any atom is -0.478 e. The molecule has 3 aromatic rings. The summed E-state index contributed by atoms with van der Waals surface area (Å²) in [6.07, 6.45) is 2.98. The molecule has 0 heterocycles. The zero-order valence-electron chi connectivity index (χ0n) is 17.9. The Morgan fingerprint density at radius 2 is 1.03 bits per heavy atom. The molecule has 8 heteroatoms. The SMILES string of the molecule is C=Cc1ccc(C(=O)O)c(C(=O)Nc2cccc(NC(=O)c3cc(C=C)ccc3C(=O)O)c2)c1. The standard InChI is InChI=1S/C26H20N2O6/c1-3-15-8-10-19(25(31)32)21(12-15)23(29)27-17-6-5-7-18(14-17)28-24(30)22-13-16(4-2)9-11-20(22)26(33)34/h3-14H,1-2H2,(H,27,29)(H,28,30)(H,31,32)(H,33,34). The maximum Gasteiger partial charge on any atom is 0.336 e.